The standard InChI is InChI=1S/C15H14F3NO2S/c1-10(4-3-7-15(16,17)18)11-5-6-12(13(22)8-11)19-9-14(20)21-2/h3-6,8-9,22H,1,7H2,2H3/b4-3-,19-9?. The second-order valence-electron chi connectivity index (χ2n) is 4.23. The summed E-state index contributed by atoms with van der Waals surface area (Å²) in [5.74, 6) is -0.601. The van der Waals surface area contributed by atoms with Gasteiger partial charge in [-0.3, -0.25) is 0 Å². The molecule has 1 rings (SSSR count). The lowest BCUT2D eigenvalue weighted by atomic mass is 10.1. The molecule has 118 valence electrons. The number of halogens is 3. The highest BCUT2D eigenvalue weighted by Gasteiger charge is 2.24. The Morgan fingerprint density at radius 1 is 1.45 bits per heavy atom. The van der Waals surface area contributed by atoms with E-state index in [4.69, 9.17) is 0 Å². The minimum atomic E-state index is -4.24. The highest BCUT2D eigenvalue weighted by molar-refractivity contribution is 7.80. The van der Waals surface area contributed by atoms with Crippen LogP contribution in [0.3, 0.4) is 0 Å². The van der Waals surface area contributed by atoms with E-state index < -0.39 is 18.6 Å². The van der Waals surface area contributed by atoms with Gasteiger partial charge in [0.25, 0.3) is 0 Å². The molecular formula is C15H14F3NO2S. The van der Waals surface area contributed by atoms with Gasteiger partial charge < -0.3 is 4.74 Å². The molecule has 0 atom stereocenters. The number of esters is 1. The van der Waals surface area contributed by atoms with Gasteiger partial charge in [0.15, 0.2) is 0 Å². The van der Waals surface area contributed by atoms with Crippen molar-refractivity contribution >= 4 is 36.1 Å². The van der Waals surface area contributed by atoms with Gasteiger partial charge in [-0.05, 0) is 23.3 Å². The van der Waals surface area contributed by atoms with Crippen molar-refractivity contribution in [2.45, 2.75) is 17.5 Å². The van der Waals surface area contributed by atoms with Gasteiger partial charge in [-0.2, -0.15) is 13.2 Å². The Labute approximate surface area is 131 Å². The summed E-state index contributed by atoms with van der Waals surface area (Å²) in [5.41, 5.74) is 1.47. The van der Waals surface area contributed by atoms with Crippen molar-refractivity contribution in [2.75, 3.05) is 7.11 Å². The Bertz CT molecular complexity index is 622. The van der Waals surface area contributed by atoms with Gasteiger partial charge in [0.2, 0.25) is 0 Å². The van der Waals surface area contributed by atoms with Crippen LogP contribution in [0.1, 0.15) is 12.0 Å². The van der Waals surface area contributed by atoms with E-state index in [1.807, 2.05) is 0 Å². The Morgan fingerprint density at radius 3 is 2.68 bits per heavy atom. The topological polar surface area (TPSA) is 38.7 Å². The zero-order valence-corrected chi connectivity index (χ0v) is 12.6. The molecule has 0 fully saturated rings. The van der Waals surface area contributed by atoms with Gasteiger partial charge >= 0.3 is 12.1 Å². The fourth-order valence-electron chi connectivity index (χ4n) is 1.44. The van der Waals surface area contributed by atoms with Crippen molar-refractivity contribution in [3.05, 3.63) is 42.5 Å². The number of carbonyl (C=O) groups excluding carboxylic acids is 1. The molecule has 0 saturated carbocycles. The third-order valence-electron chi connectivity index (χ3n) is 2.52. The average Bonchev–Trinajstić information content (AvgIpc) is 2.44. The van der Waals surface area contributed by atoms with Crippen LogP contribution in [0.4, 0.5) is 18.9 Å². The second kappa shape index (κ2) is 7.84. The maximum atomic E-state index is 12.1. The van der Waals surface area contributed by atoms with Gasteiger partial charge in [-0.25, -0.2) is 9.79 Å². The van der Waals surface area contributed by atoms with Crippen molar-refractivity contribution in [3.8, 4) is 0 Å². The van der Waals surface area contributed by atoms with Crippen molar-refractivity contribution in [1.29, 1.82) is 0 Å². The summed E-state index contributed by atoms with van der Waals surface area (Å²) in [5, 5.41) is 0. The molecule has 0 saturated heterocycles. The summed E-state index contributed by atoms with van der Waals surface area (Å²) in [6, 6.07) is 4.82. The van der Waals surface area contributed by atoms with E-state index in [1.165, 1.54) is 13.2 Å². The van der Waals surface area contributed by atoms with Crippen LogP contribution in [0.15, 0.2) is 46.8 Å². The smallest absolute Gasteiger partial charge is 0.392 e. The van der Waals surface area contributed by atoms with E-state index in [0.717, 1.165) is 12.3 Å². The molecule has 0 aliphatic heterocycles. The first-order valence-corrected chi connectivity index (χ1v) is 6.55. The van der Waals surface area contributed by atoms with E-state index in [0.29, 0.717) is 21.7 Å². The summed E-state index contributed by atoms with van der Waals surface area (Å²) < 4.78 is 40.6. The zero-order chi connectivity index (χ0) is 16.8. The van der Waals surface area contributed by atoms with E-state index in [-0.39, 0.29) is 0 Å². The first-order valence-electron chi connectivity index (χ1n) is 6.10. The third-order valence-corrected chi connectivity index (χ3v) is 2.88. The Morgan fingerprint density at radius 2 is 2.14 bits per heavy atom. The van der Waals surface area contributed by atoms with Gasteiger partial charge in [-0.1, -0.05) is 24.8 Å². The van der Waals surface area contributed by atoms with Crippen molar-refractivity contribution in [2.24, 2.45) is 4.99 Å². The molecule has 0 aromatic heterocycles. The first kappa shape index (κ1) is 18.0. The van der Waals surface area contributed by atoms with Gasteiger partial charge in [-0.15, -0.1) is 12.6 Å². The number of allylic oxidation sites excluding steroid dienone is 3. The minimum absolute atomic E-state index is 0.419. The van der Waals surface area contributed by atoms with E-state index in [9.17, 15) is 18.0 Å². The van der Waals surface area contributed by atoms with Crippen LogP contribution in [-0.4, -0.2) is 25.5 Å². The number of rotatable bonds is 5. The van der Waals surface area contributed by atoms with Crippen LogP contribution in [0.5, 0.6) is 0 Å². The largest absolute Gasteiger partial charge is 0.465 e. The molecule has 22 heavy (non-hydrogen) atoms. The molecule has 0 unspecified atom stereocenters. The monoisotopic (exact) mass is 329 g/mol. The Kier molecular flexibility index (Phi) is 6.42. The highest BCUT2D eigenvalue weighted by Crippen LogP contribution is 2.27. The molecular weight excluding hydrogens is 315 g/mol. The summed E-state index contributed by atoms with van der Waals surface area (Å²) in [4.78, 5) is 15.3. The number of benzene rings is 1. The summed E-state index contributed by atoms with van der Waals surface area (Å²) >= 11 is 4.22. The van der Waals surface area contributed by atoms with Crippen LogP contribution < -0.4 is 0 Å². The lowest BCUT2D eigenvalue weighted by Gasteiger charge is -2.05. The number of thiol groups is 1. The number of ether oxygens (including phenoxy) is 1. The van der Waals surface area contributed by atoms with Crippen LogP contribution in [0, 0.1) is 0 Å². The third kappa shape index (κ3) is 6.17. The van der Waals surface area contributed by atoms with Gasteiger partial charge in [0, 0.05) is 4.90 Å². The fraction of sp³-hybridized carbons (Fsp3) is 0.200. The summed E-state index contributed by atoms with van der Waals surface area (Å²) in [6.45, 7) is 3.70. The molecule has 0 spiro atoms. The van der Waals surface area contributed by atoms with Crippen LogP contribution in [0.2, 0.25) is 0 Å². The molecule has 1 aromatic carbocycles. The predicted molar refractivity (Wildman–Crippen MR) is 82.7 cm³/mol. The van der Waals surface area contributed by atoms with Crippen LogP contribution >= 0.6 is 12.6 Å². The molecule has 0 radical (unpaired) electrons. The molecule has 0 aliphatic carbocycles. The highest BCUT2D eigenvalue weighted by atomic mass is 32.1. The average molecular weight is 329 g/mol. The number of aliphatic imine (C=N–C) groups is 1. The molecule has 0 N–H and O–H groups in total. The molecule has 0 amide bonds. The predicted octanol–water partition coefficient (Wildman–Crippen LogP) is 4.37. The molecule has 0 aliphatic rings. The van der Waals surface area contributed by atoms with E-state index in [1.54, 1.807) is 18.2 Å². The molecule has 3 nitrogen and oxygen atoms in total. The lowest BCUT2D eigenvalue weighted by Crippen LogP contribution is -2.04. The number of nitrogens with zero attached hydrogens (tertiary/aromatic N) is 1. The number of hydrogen-bond acceptors (Lipinski definition) is 4. The minimum Gasteiger partial charge on any atom is -0.465 e. The number of hydrogen-bond donors (Lipinski definition) is 1. The molecule has 0 heterocycles. The zero-order valence-electron chi connectivity index (χ0n) is 11.7. The quantitative estimate of drug-likeness (QED) is 0.377. The summed E-state index contributed by atoms with van der Waals surface area (Å²) in [6.07, 6.45) is -1.94. The van der Waals surface area contributed by atoms with Crippen molar-refractivity contribution in [1.82, 2.24) is 0 Å². The van der Waals surface area contributed by atoms with E-state index in [2.05, 4.69) is 28.9 Å². The van der Waals surface area contributed by atoms with Crippen LogP contribution in [0.25, 0.3) is 5.57 Å². The van der Waals surface area contributed by atoms with Crippen molar-refractivity contribution in [3.63, 3.8) is 0 Å². The Balaban J connectivity index is 2.82. The summed E-state index contributed by atoms with van der Waals surface area (Å²) in [7, 11) is 1.23. The van der Waals surface area contributed by atoms with Crippen molar-refractivity contribution < 1.29 is 22.7 Å². The maximum absolute atomic E-state index is 12.1. The SMILES string of the molecule is C=C(/C=C\CC(F)(F)F)c1ccc(N=CC(=O)OC)c(S)c1. The Hall–Kier alpha value is -2.02. The maximum Gasteiger partial charge on any atom is 0.392 e. The normalized spacial score (nSPS) is 12.0. The van der Waals surface area contributed by atoms with Crippen LogP contribution in [-0.2, 0) is 9.53 Å². The first-order chi connectivity index (χ1) is 10.2. The molecule has 7 heteroatoms. The number of methoxy groups -OCH3 is 1. The van der Waals surface area contributed by atoms with E-state index >= 15 is 0 Å². The molecule has 1 aromatic rings. The molecule has 0 bridgehead atoms. The van der Waals surface area contributed by atoms with Gasteiger partial charge in [0.05, 0.1) is 19.2 Å². The fourth-order valence-corrected chi connectivity index (χ4v) is 1.71. The number of carbonyl (C=O) groups is 1. The number of alkyl halides is 3. The second-order valence-corrected chi connectivity index (χ2v) is 4.71. The van der Waals surface area contributed by atoms with Gasteiger partial charge in [0.1, 0.15) is 6.21 Å². The lowest BCUT2D eigenvalue weighted by molar-refractivity contribution is -0.132.